The van der Waals surface area contributed by atoms with Crippen LogP contribution >= 0.6 is 0 Å². The monoisotopic (exact) mass is 304 g/mol. The van der Waals surface area contributed by atoms with Crippen molar-refractivity contribution in [2.45, 2.75) is 19.4 Å². The van der Waals surface area contributed by atoms with Gasteiger partial charge < -0.3 is 10.2 Å². The molecule has 1 saturated heterocycles. The third-order valence-corrected chi connectivity index (χ3v) is 3.43. The molecule has 0 saturated carbocycles. The molecule has 1 aromatic rings. The van der Waals surface area contributed by atoms with Crippen molar-refractivity contribution in [1.82, 2.24) is 10.2 Å². The minimum absolute atomic E-state index is 0.0393. The fourth-order valence-corrected chi connectivity index (χ4v) is 2.13. The molecular formula is C13H12F4N2O2. The zero-order valence-corrected chi connectivity index (χ0v) is 11.3. The molecule has 1 heterocycles. The van der Waals surface area contributed by atoms with Gasteiger partial charge in [0, 0.05) is 13.1 Å². The molecule has 1 N–H and O–H groups in total. The average molecular weight is 304 g/mol. The number of rotatable bonds is 1. The molecule has 114 valence electrons. The second-order valence-corrected chi connectivity index (χ2v) is 5.12. The van der Waals surface area contributed by atoms with E-state index in [-0.39, 0.29) is 13.1 Å². The molecular weight excluding hydrogens is 292 g/mol. The summed E-state index contributed by atoms with van der Waals surface area (Å²) < 4.78 is 53.0. The molecule has 0 aliphatic carbocycles. The first kappa shape index (κ1) is 15.3. The van der Waals surface area contributed by atoms with Crippen LogP contribution in [0.15, 0.2) is 6.07 Å². The van der Waals surface area contributed by atoms with Gasteiger partial charge >= 0.3 is 0 Å². The lowest BCUT2D eigenvalue weighted by molar-refractivity contribution is -0.133. The highest BCUT2D eigenvalue weighted by Crippen LogP contribution is 2.24. The molecule has 1 aliphatic rings. The number of hydrogen-bond donors (Lipinski definition) is 1. The average Bonchev–Trinajstić information content (AvgIpc) is 2.43. The maximum atomic E-state index is 13.7. The van der Waals surface area contributed by atoms with Gasteiger partial charge in [0.1, 0.15) is 5.54 Å². The minimum atomic E-state index is -2.06. The number of benzene rings is 1. The van der Waals surface area contributed by atoms with Crippen LogP contribution in [0.4, 0.5) is 17.6 Å². The van der Waals surface area contributed by atoms with E-state index in [0.717, 1.165) is 4.90 Å². The molecule has 2 amide bonds. The Labute approximate surface area is 117 Å². The van der Waals surface area contributed by atoms with Crippen molar-refractivity contribution in [2.24, 2.45) is 0 Å². The van der Waals surface area contributed by atoms with Gasteiger partial charge in [-0.25, -0.2) is 17.6 Å². The molecule has 0 bridgehead atoms. The molecule has 4 nitrogen and oxygen atoms in total. The topological polar surface area (TPSA) is 49.4 Å². The summed E-state index contributed by atoms with van der Waals surface area (Å²) in [5.74, 6) is -9.05. The first-order valence-corrected chi connectivity index (χ1v) is 6.11. The molecule has 1 fully saturated rings. The third kappa shape index (κ3) is 2.34. The third-order valence-electron chi connectivity index (χ3n) is 3.43. The molecule has 0 unspecified atom stereocenters. The maximum Gasteiger partial charge on any atom is 0.257 e. The van der Waals surface area contributed by atoms with Crippen LogP contribution in [0, 0.1) is 23.3 Å². The first-order valence-electron chi connectivity index (χ1n) is 6.11. The number of carbonyl (C=O) groups is 2. The first-order chi connectivity index (χ1) is 9.67. The Balaban J connectivity index is 2.48. The van der Waals surface area contributed by atoms with E-state index >= 15 is 0 Å². The number of halogens is 4. The summed E-state index contributed by atoms with van der Waals surface area (Å²) in [5.41, 5.74) is -2.27. The fraction of sp³-hybridized carbons (Fsp3) is 0.385. The number of nitrogens with zero attached hydrogens (tertiary/aromatic N) is 1. The molecule has 0 radical (unpaired) electrons. The van der Waals surface area contributed by atoms with E-state index in [0.29, 0.717) is 6.07 Å². The fourth-order valence-electron chi connectivity index (χ4n) is 2.13. The number of amides is 2. The maximum absolute atomic E-state index is 13.7. The predicted octanol–water partition coefficient (Wildman–Crippen LogP) is 1.59. The van der Waals surface area contributed by atoms with E-state index < -0.39 is 46.2 Å². The molecule has 8 heteroatoms. The minimum Gasteiger partial charge on any atom is -0.352 e. The van der Waals surface area contributed by atoms with Crippen LogP contribution in [-0.2, 0) is 4.79 Å². The number of hydrogen-bond acceptors (Lipinski definition) is 2. The molecule has 0 spiro atoms. The quantitative estimate of drug-likeness (QED) is 0.487. The molecule has 0 aromatic heterocycles. The van der Waals surface area contributed by atoms with Crippen molar-refractivity contribution < 1.29 is 27.2 Å². The summed E-state index contributed by atoms with van der Waals surface area (Å²) in [6, 6.07) is 0.290. The Hall–Kier alpha value is -2.12. The Kier molecular flexibility index (Phi) is 3.65. The zero-order valence-electron chi connectivity index (χ0n) is 11.3. The lowest BCUT2D eigenvalue weighted by Gasteiger charge is -2.41. The van der Waals surface area contributed by atoms with Crippen molar-refractivity contribution in [3.8, 4) is 0 Å². The summed E-state index contributed by atoms with van der Waals surface area (Å²) in [6.07, 6.45) is 0. The second kappa shape index (κ2) is 5.01. The van der Waals surface area contributed by atoms with Crippen molar-refractivity contribution in [3.05, 3.63) is 34.9 Å². The van der Waals surface area contributed by atoms with Gasteiger partial charge in [0.2, 0.25) is 5.91 Å². The van der Waals surface area contributed by atoms with Crippen molar-refractivity contribution in [3.63, 3.8) is 0 Å². The van der Waals surface area contributed by atoms with E-state index in [1.54, 1.807) is 0 Å². The van der Waals surface area contributed by atoms with Gasteiger partial charge in [-0.2, -0.15) is 0 Å². The molecule has 1 aromatic carbocycles. The highest BCUT2D eigenvalue weighted by molar-refractivity contribution is 5.99. The van der Waals surface area contributed by atoms with E-state index in [9.17, 15) is 27.2 Å². The number of piperazine rings is 1. The van der Waals surface area contributed by atoms with Gasteiger partial charge in [-0.1, -0.05) is 0 Å². The Morgan fingerprint density at radius 3 is 2.43 bits per heavy atom. The number of carbonyl (C=O) groups excluding carboxylic acids is 2. The highest BCUT2D eigenvalue weighted by Gasteiger charge is 2.42. The second-order valence-electron chi connectivity index (χ2n) is 5.12. The van der Waals surface area contributed by atoms with Gasteiger partial charge in [-0.15, -0.1) is 0 Å². The largest absolute Gasteiger partial charge is 0.352 e. The van der Waals surface area contributed by atoms with Crippen molar-refractivity contribution in [2.75, 3.05) is 13.1 Å². The van der Waals surface area contributed by atoms with Crippen LogP contribution in [0.3, 0.4) is 0 Å². The van der Waals surface area contributed by atoms with Crippen LogP contribution in [0.25, 0.3) is 0 Å². The lowest BCUT2D eigenvalue weighted by atomic mass is 9.97. The standard InChI is InChI=1S/C13H12F4N2O2/c1-13(2)12(21)18-3-4-19(13)11(20)6-5-7(14)9(16)10(17)8(6)15/h5H,3-4H2,1-2H3,(H,18,21). The van der Waals surface area contributed by atoms with E-state index in [2.05, 4.69) is 5.32 Å². The summed E-state index contributed by atoms with van der Waals surface area (Å²) in [5, 5.41) is 2.52. The highest BCUT2D eigenvalue weighted by atomic mass is 19.2. The summed E-state index contributed by atoms with van der Waals surface area (Å²) >= 11 is 0. The van der Waals surface area contributed by atoms with Gasteiger partial charge in [0.15, 0.2) is 23.3 Å². The van der Waals surface area contributed by atoms with E-state index in [1.807, 2.05) is 0 Å². The SMILES string of the molecule is CC1(C)C(=O)NCCN1C(=O)c1cc(F)c(F)c(F)c1F. The van der Waals surface area contributed by atoms with Crippen LogP contribution < -0.4 is 5.32 Å². The lowest BCUT2D eigenvalue weighted by Crippen LogP contribution is -2.63. The molecule has 21 heavy (non-hydrogen) atoms. The van der Waals surface area contributed by atoms with E-state index in [4.69, 9.17) is 0 Å². The molecule has 0 atom stereocenters. The zero-order chi connectivity index (χ0) is 15.9. The van der Waals surface area contributed by atoms with Gasteiger partial charge in [0.25, 0.3) is 5.91 Å². The van der Waals surface area contributed by atoms with Gasteiger partial charge in [0.05, 0.1) is 5.56 Å². The van der Waals surface area contributed by atoms with E-state index in [1.165, 1.54) is 13.8 Å². The normalized spacial score (nSPS) is 17.6. The van der Waals surface area contributed by atoms with Crippen LogP contribution in [0.2, 0.25) is 0 Å². The summed E-state index contributed by atoms with van der Waals surface area (Å²) in [4.78, 5) is 25.0. The van der Waals surface area contributed by atoms with Gasteiger partial charge in [-0.3, -0.25) is 9.59 Å². The van der Waals surface area contributed by atoms with Gasteiger partial charge in [-0.05, 0) is 19.9 Å². The smallest absolute Gasteiger partial charge is 0.257 e. The van der Waals surface area contributed by atoms with Crippen molar-refractivity contribution >= 4 is 11.8 Å². The van der Waals surface area contributed by atoms with Crippen LogP contribution in [-0.4, -0.2) is 35.3 Å². The van der Waals surface area contributed by atoms with Crippen LogP contribution in [0.5, 0.6) is 0 Å². The van der Waals surface area contributed by atoms with Crippen molar-refractivity contribution in [1.29, 1.82) is 0 Å². The number of nitrogens with one attached hydrogen (secondary N) is 1. The summed E-state index contributed by atoms with van der Waals surface area (Å²) in [7, 11) is 0. The Morgan fingerprint density at radius 2 is 1.81 bits per heavy atom. The Bertz CT molecular complexity index is 631. The molecule has 1 aliphatic heterocycles. The Morgan fingerprint density at radius 1 is 1.19 bits per heavy atom. The summed E-state index contributed by atoms with van der Waals surface area (Å²) in [6.45, 7) is 2.99. The van der Waals surface area contributed by atoms with Crippen LogP contribution in [0.1, 0.15) is 24.2 Å². The molecule has 2 rings (SSSR count). The predicted molar refractivity (Wildman–Crippen MR) is 64.4 cm³/mol.